The molecule has 0 aromatic heterocycles. The molecule has 2 rings (SSSR count). The minimum Gasteiger partial charge on any atom is -0.497 e. The van der Waals surface area contributed by atoms with E-state index in [0.717, 1.165) is 11.1 Å². The summed E-state index contributed by atoms with van der Waals surface area (Å²) in [5, 5.41) is 2.79. The standard InChI is InChI=1S/C21H25NO5/c1-4-26-20-8-6-5-7-17(20)14-27-21(24)13-19(22-15(2)23)16-9-11-18(25-3)12-10-16/h5-12,19H,4,13-14H2,1-3H3,(H,22,23). The molecule has 6 heteroatoms. The van der Waals surface area contributed by atoms with Crippen LogP contribution in [0.5, 0.6) is 11.5 Å². The van der Waals surface area contributed by atoms with Crippen LogP contribution in [0.2, 0.25) is 0 Å². The van der Waals surface area contributed by atoms with Crippen LogP contribution in [0.1, 0.15) is 37.4 Å². The van der Waals surface area contributed by atoms with Crippen molar-refractivity contribution in [3.8, 4) is 11.5 Å². The van der Waals surface area contributed by atoms with E-state index in [2.05, 4.69) is 5.32 Å². The van der Waals surface area contributed by atoms with Gasteiger partial charge in [0.25, 0.3) is 0 Å². The molecular weight excluding hydrogens is 346 g/mol. The third kappa shape index (κ3) is 6.33. The molecule has 0 aliphatic carbocycles. The maximum atomic E-state index is 12.3. The van der Waals surface area contributed by atoms with E-state index in [-0.39, 0.29) is 18.9 Å². The van der Waals surface area contributed by atoms with Crippen LogP contribution in [0, 0.1) is 0 Å². The highest BCUT2D eigenvalue weighted by Gasteiger charge is 2.19. The average molecular weight is 371 g/mol. The molecule has 0 bridgehead atoms. The molecule has 0 aliphatic rings. The third-order valence-electron chi connectivity index (χ3n) is 3.93. The molecule has 0 fully saturated rings. The topological polar surface area (TPSA) is 73.9 Å². The number of hydrogen-bond acceptors (Lipinski definition) is 5. The molecule has 0 radical (unpaired) electrons. The molecule has 2 aromatic carbocycles. The van der Waals surface area contributed by atoms with Gasteiger partial charge in [0.1, 0.15) is 18.1 Å². The number of methoxy groups -OCH3 is 1. The Labute approximate surface area is 159 Å². The Kier molecular flexibility index (Phi) is 7.67. The van der Waals surface area contributed by atoms with Crippen molar-refractivity contribution in [3.05, 3.63) is 59.7 Å². The number of carbonyl (C=O) groups is 2. The van der Waals surface area contributed by atoms with E-state index in [1.807, 2.05) is 43.3 Å². The molecule has 144 valence electrons. The maximum Gasteiger partial charge on any atom is 0.308 e. The summed E-state index contributed by atoms with van der Waals surface area (Å²) in [4.78, 5) is 23.9. The minimum absolute atomic E-state index is 0.0305. The van der Waals surface area contributed by atoms with Crippen LogP contribution in [-0.4, -0.2) is 25.6 Å². The average Bonchev–Trinajstić information content (AvgIpc) is 2.67. The molecule has 0 spiro atoms. The van der Waals surface area contributed by atoms with Crippen molar-refractivity contribution in [1.29, 1.82) is 0 Å². The summed E-state index contributed by atoms with van der Waals surface area (Å²) in [7, 11) is 1.58. The Hall–Kier alpha value is -3.02. The highest BCUT2D eigenvalue weighted by Crippen LogP contribution is 2.22. The number of para-hydroxylation sites is 1. The zero-order valence-electron chi connectivity index (χ0n) is 15.9. The fraction of sp³-hybridized carbons (Fsp3) is 0.333. The van der Waals surface area contributed by atoms with Crippen LogP contribution < -0.4 is 14.8 Å². The zero-order valence-corrected chi connectivity index (χ0v) is 15.9. The minimum atomic E-state index is -0.469. The molecule has 6 nitrogen and oxygen atoms in total. The predicted octanol–water partition coefficient (Wildman–Crippen LogP) is 3.40. The number of rotatable bonds is 9. The van der Waals surface area contributed by atoms with Crippen LogP contribution in [0.25, 0.3) is 0 Å². The lowest BCUT2D eigenvalue weighted by Gasteiger charge is -2.18. The monoisotopic (exact) mass is 371 g/mol. The van der Waals surface area contributed by atoms with Gasteiger partial charge in [0, 0.05) is 12.5 Å². The van der Waals surface area contributed by atoms with Gasteiger partial charge in [-0.25, -0.2) is 0 Å². The Bertz CT molecular complexity index is 757. The molecule has 2 aromatic rings. The first-order valence-electron chi connectivity index (χ1n) is 8.80. The molecule has 1 unspecified atom stereocenters. The van der Waals surface area contributed by atoms with Gasteiger partial charge >= 0.3 is 5.97 Å². The van der Waals surface area contributed by atoms with E-state index in [4.69, 9.17) is 14.2 Å². The van der Waals surface area contributed by atoms with Gasteiger partial charge in [0.15, 0.2) is 0 Å². The van der Waals surface area contributed by atoms with E-state index < -0.39 is 12.0 Å². The zero-order chi connectivity index (χ0) is 19.6. The van der Waals surface area contributed by atoms with Gasteiger partial charge in [-0.05, 0) is 30.7 Å². The van der Waals surface area contributed by atoms with Crippen LogP contribution in [0.15, 0.2) is 48.5 Å². The van der Waals surface area contributed by atoms with Crippen molar-refractivity contribution in [2.24, 2.45) is 0 Å². The number of hydrogen-bond donors (Lipinski definition) is 1. The second-order valence-electron chi connectivity index (χ2n) is 5.93. The van der Waals surface area contributed by atoms with E-state index in [0.29, 0.717) is 18.1 Å². The summed E-state index contributed by atoms with van der Waals surface area (Å²) >= 11 is 0. The summed E-state index contributed by atoms with van der Waals surface area (Å²) in [5.41, 5.74) is 1.60. The van der Waals surface area contributed by atoms with Gasteiger partial charge in [-0.15, -0.1) is 0 Å². The fourth-order valence-electron chi connectivity index (χ4n) is 2.64. The summed E-state index contributed by atoms with van der Waals surface area (Å²) in [6.45, 7) is 3.97. The largest absolute Gasteiger partial charge is 0.497 e. The number of benzene rings is 2. The normalized spacial score (nSPS) is 11.4. The number of nitrogens with one attached hydrogen (secondary N) is 1. The van der Waals surface area contributed by atoms with Gasteiger partial charge in [-0.2, -0.15) is 0 Å². The summed E-state index contributed by atoms with van der Waals surface area (Å²) in [6, 6.07) is 14.2. The first-order valence-corrected chi connectivity index (χ1v) is 8.80. The van der Waals surface area contributed by atoms with Crippen LogP contribution >= 0.6 is 0 Å². The fourth-order valence-corrected chi connectivity index (χ4v) is 2.64. The number of carbonyl (C=O) groups excluding carboxylic acids is 2. The molecule has 1 amide bonds. The summed E-state index contributed by atoms with van der Waals surface area (Å²) in [5.74, 6) is 0.776. The van der Waals surface area contributed by atoms with Gasteiger partial charge < -0.3 is 19.5 Å². The molecule has 0 saturated heterocycles. The maximum absolute atomic E-state index is 12.3. The lowest BCUT2D eigenvalue weighted by Crippen LogP contribution is -2.28. The van der Waals surface area contributed by atoms with E-state index >= 15 is 0 Å². The van der Waals surface area contributed by atoms with Crippen LogP contribution in [0.4, 0.5) is 0 Å². The lowest BCUT2D eigenvalue weighted by atomic mass is 10.0. The van der Waals surface area contributed by atoms with Crippen LogP contribution in [0.3, 0.4) is 0 Å². The van der Waals surface area contributed by atoms with Crippen molar-refractivity contribution in [1.82, 2.24) is 5.32 Å². The third-order valence-corrected chi connectivity index (χ3v) is 3.93. The SMILES string of the molecule is CCOc1ccccc1COC(=O)CC(NC(C)=O)c1ccc(OC)cc1. The molecule has 1 N–H and O–H groups in total. The van der Waals surface area contributed by atoms with E-state index in [1.165, 1.54) is 6.92 Å². The number of amides is 1. The lowest BCUT2D eigenvalue weighted by molar-refractivity contribution is -0.145. The molecule has 0 saturated carbocycles. The van der Waals surface area contributed by atoms with Crippen molar-refractivity contribution >= 4 is 11.9 Å². The van der Waals surface area contributed by atoms with Gasteiger partial charge in [0.2, 0.25) is 5.91 Å². The quantitative estimate of drug-likeness (QED) is 0.684. The Morgan fingerprint density at radius 2 is 1.78 bits per heavy atom. The van der Waals surface area contributed by atoms with E-state index in [1.54, 1.807) is 19.2 Å². The summed E-state index contributed by atoms with van der Waals surface area (Å²) in [6.07, 6.45) is 0.0305. The summed E-state index contributed by atoms with van der Waals surface area (Å²) < 4.78 is 16.1. The molecule has 1 atom stereocenters. The first-order chi connectivity index (χ1) is 13.0. The van der Waals surface area contributed by atoms with Crippen molar-refractivity contribution in [2.45, 2.75) is 32.9 Å². The molecule has 0 aliphatic heterocycles. The number of esters is 1. The van der Waals surface area contributed by atoms with Crippen molar-refractivity contribution < 1.29 is 23.8 Å². The Morgan fingerprint density at radius 3 is 2.41 bits per heavy atom. The van der Waals surface area contributed by atoms with Gasteiger partial charge in [-0.3, -0.25) is 9.59 Å². The smallest absolute Gasteiger partial charge is 0.308 e. The highest BCUT2D eigenvalue weighted by molar-refractivity contribution is 5.76. The molecular formula is C21H25NO5. The second kappa shape index (κ2) is 10.2. The molecule has 27 heavy (non-hydrogen) atoms. The van der Waals surface area contributed by atoms with Gasteiger partial charge in [0.05, 0.1) is 26.2 Å². The predicted molar refractivity (Wildman–Crippen MR) is 102 cm³/mol. The van der Waals surface area contributed by atoms with Crippen LogP contribution in [-0.2, 0) is 20.9 Å². The highest BCUT2D eigenvalue weighted by atomic mass is 16.5. The Balaban J connectivity index is 2.02. The number of ether oxygens (including phenoxy) is 3. The molecule has 0 heterocycles. The van der Waals surface area contributed by atoms with Gasteiger partial charge in [-0.1, -0.05) is 30.3 Å². The first kappa shape index (κ1) is 20.3. The Morgan fingerprint density at radius 1 is 1.07 bits per heavy atom. The van der Waals surface area contributed by atoms with Crippen molar-refractivity contribution in [2.75, 3.05) is 13.7 Å². The van der Waals surface area contributed by atoms with Crippen molar-refractivity contribution in [3.63, 3.8) is 0 Å². The second-order valence-corrected chi connectivity index (χ2v) is 5.93. The van der Waals surface area contributed by atoms with E-state index in [9.17, 15) is 9.59 Å².